The van der Waals surface area contributed by atoms with E-state index >= 15 is 0 Å². The number of allylic oxidation sites excluding steroid dienone is 6. The Hall–Kier alpha value is -3.73. The van der Waals surface area contributed by atoms with Gasteiger partial charge in [-0.1, -0.05) is 41.0 Å². The quantitative estimate of drug-likeness (QED) is 0.343. The van der Waals surface area contributed by atoms with Crippen molar-refractivity contribution >= 4 is 11.9 Å². The number of Topliss-reactive ketones (excluding diaryl/α,β-unsaturated/α-hetero) is 1. The molecule has 2 N–H and O–H groups in total. The summed E-state index contributed by atoms with van der Waals surface area (Å²) in [5, 5.41) is 22.6. The maximum absolute atomic E-state index is 13.7. The number of fused-ring (bicyclic) bond motifs is 2. The lowest BCUT2D eigenvalue weighted by atomic mass is 9.86. The van der Waals surface area contributed by atoms with Gasteiger partial charge in [-0.3, -0.25) is 4.79 Å². The van der Waals surface area contributed by atoms with Crippen LogP contribution in [0.4, 0.5) is 0 Å². The summed E-state index contributed by atoms with van der Waals surface area (Å²) in [7, 11) is 0. The van der Waals surface area contributed by atoms with Crippen molar-refractivity contribution in [2.75, 3.05) is 0 Å². The third-order valence-corrected chi connectivity index (χ3v) is 7.32. The van der Waals surface area contributed by atoms with Gasteiger partial charge in [0.2, 0.25) is 0 Å². The van der Waals surface area contributed by atoms with Crippen molar-refractivity contribution in [3.8, 4) is 23.0 Å². The number of benzene rings is 2. The van der Waals surface area contributed by atoms with Gasteiger partial charge in [0.25, 0.3) is 0 Å². The lowest BCUT2D eigenvalue weighted by molar-refractivity contribution is 0.0841. The van der Waals surface area contributed by atoms with Gasteiger partial charge in [0, 0.05) is 16.7 Å². The molecular formula is C35H42O5. The number of phenols is 2. The summed E-state index contributed by atoms with van der Waals surface area (Å²) in [6.07, 6.45) is 11.1. The molecular weight excluding hydrogens is 500 g/mol. The molecule has 2 aromatic rings. The molecule has 0 spiro atoms. The topological polar surface area (TPSA) is 76.0 Å². The molecule has 1 atom stereocenters. The van der Waals surface area contributed by atoms with E-state index in [4.69, 9.17) is 9.47 Å². The third-order valence-electron chi connectivity index (χ3n) is 7.32. The molecule has 0 saturated carbocycles. The van der Waals surface area contributed by atoms with Gasteiger partial charge < -0.3 is 19.7 Å². The van der Waals surface area contributed by atoms with Crippen LogP contribution in [0.25, 0.3) is 6.08 Å². The van der Waals surface area contributed by atoms with Gasteiger partial charge in [-0.15, -0.1) is 0 Å². The highest BCUT2D eigenvalue weighted by Gasteiger charge is 2.37. The fraction of sp³-hybridized carbons (Fsp3) is 0.400. The Labute approximate surface area is 238 Å². The molecule has 0 fully saturated rings. The molecule has 0 bridgehead atoms. The minimum Gasteiger partial charge on any atom is -0.507 e. The summed E-state index contributed by atoms with van der Waals surface area (Å²) >= 11 is 0. The molecule has 5 heteroatoms. The summed E-state index contributed by atoms with van der Waals surface area (Å²) in [5.74, 6) is 0.670. The summed E-state index contributed by atoms with van der Waals surface area (Å²) in [6, 6.07) is 4.11. The highest BCUT2D eigenvalue weighted by atomic mass is 16.5. The van der Waals surface area contributed by atoms with Crippen LogP contribution in [-0.4, -0.2) is 21.6 Å². The Balaban J connectivity index is 1.87. The van der Waals surface area contributed by atoms with Crippen LogP contribution in [0.15, 0.2) is 53.2 Å². The molecule has 40 heavy (non-hydrogen) atoms. The van der Waals surface area contributed by atoms with Crippen LogP contribution < -0.4 is 9.47 Å². The molecule has 1 unspecified atom stereocenters. The van der Waals surface area contributed by atoms with Crippen molar-refractivity contribution < 1.29 is 24.5 Å². The monoisotopic (exact) mass is 542 g/mol. The van der Waals surface area contributed by atoms with Gasteiger partial charge in [-0.25, -0.2) is 0 Å². The van der Waals surface area contributed by atoms with Crippen LogP contribution >= 0.6 is 0 Å². The van der Waals surface area contributed by atoms with Crippen molar-refractivity contribution in [2.45, 2.75) is 92.8 Å². The molecule has 2 aliphatic heterocycles. The maximum atomic E-state index is 13.7. The minimum atomic E-state index is -0.568. The Morgan fingerprint density at radius 3 is 2.12 bits per heavy atom. The number of phenolic OH excluding ortho intramolecular Hbond substituents is 2. The predicted molar refractivity (Wildman–Crippen MR) is 162 cm³/mol. The number of carbonyl (C=O) groups excluding carboxylic acids is 1. The van der Waals surface area contributed by atoms with E-state index < -0.39 is 11.7 Å². The first-order valence-corrected chi connectivity index (χ1v) is 14.0. The van der Waals surface area contributed by atoms with E-state index in [0.717, 1.165) is 33.6 Å². The minimum absolute atomic E-state index is 0.0199. The zero-order valence-corrected chi connectivity index (χ0v) is 25.1. The van der Waals surface area contributed by atoms with E-state index in [1.165, 1.54) is 5.57 Å². The number of hydrogen-bond donors (Lipinski definition) is 2. The first-order chi connectivity index (χ1) is 18.8. The van der Waals surface area contributed by atoms with E-state index in [2.05, 4.69) is 38.1 Å². The Morgan fingerprint density at radius 1 is 0.900 bits per heavy atom. The number of carbonyl (C=O) groups is 1. The summed E-state index contributed by atoms with van der Waals surface area (Å²) in [6.45, 7) is 16.1. The van der Waals surface area contributed by atoms with Crippen LogP contribution in [0.2, 0.25) is 0 Å². The number of aromatic hydroxyl groups is 2. The molecule has 0 aromatic heterocycles. The summed E-state index contributed by atoms with van der Waals surface area (Å²) in [5.41, 5.74) is 6.84. The van der Waals surface area contributed by atoms with Gasteiger partial charge in [-0.2, -0.15) is 0 Å². The van der Waals surface area contributed by atoms with Crippen molar-refractivity contribution in [1.82, 2.24) is 0 Å². The van der Waals surface area contributed by atoms with Crippen LogP contribution in [-0.2, 0) is 19.3 Å². The van der Waals surface area contributed by atoms with Gasteiger partial charge >= 0.3 is 0 Å². The fourth-order valence-electron chi connectivity index (χ4n) is 5.10. The van der Waals surface area contributed by atoms with Crippen molar-refractivity contribution in [2.24, 2.45) is 0 Å². The maximum Gasteiger partial charge on any atom is 0.174 e. The van der Waals surface area contributed by atoms with Gasteiger partial charge in [0.15, 0.2) is 5.78 Å². The second-order valence-corrected chi connectivity index (χ2v) is 12.2. The zero-order valence-electron chi connectivity index (χ0n) is 25.1. The average molecular weight is 543 g/mol. The van der Waals surface area contributed by atoms with E-state index in [1.54, 1.807) is 0 Å². The predicted octanol–water partition coefficient (Wildman–Crippen LogP) is 8.51. The fourth-order valence-corrected chi connectivity index (χ4v) is 5.10. The first-order valence-electron chi connectivity index (χ1n) is 14.0. The van der Waals surface area contributed by atoms with Crippen LogP contribution in [0.3, 0.4) is 0 Å². The lowest BCUT2D eigenvalue weighted by Gasteiger charge is -2.32. The smallest absolute Gasteiger partial charge is 0.174 e. The second kappa shape index (κ2) is 11.4. The number of rotatable bonds is 7. The molecule has 2 heterocycles. The molecule has 2 aromatic carbocycles. The Morgan fingerprint density at radius 2 is 1.50 bits per heavy atom. The summed E-state index contributed by atoms with van der Waals surface area (Å²) in [4.78, 5) is 13.7. The second-order valence-electron chi connectivity index (χ2n) is 12.2. The molecule has 0 aliphatic carbocycles. The molecule has 0 saturated heterocycles. The van der Waals surface area contributed by atoms with E-state index in [0.29, 0.717) is 30.4 Å². The Bertz CT molecular complexity index is 1450. The highest BCUT2D eigenvalue weighted by molar-refractivity contribution is 6.04. The Kier molecular flexibility index (Phi) is 8.34. The number of ether oxygens (including phenoxy) is 2. The van der Waals surface area contributed by atoms with Crippen molar-refractivity contribution in [3.63, 3.8) is 0 Å². The average Bonchev–Trinajstić information content (AvgIpc) is 2.85. The van der Waals surface area contributed by atoms with E-state index in [1.807, 2.05) is 59.8 Å². The number of hydrogen-bond acceptors (Lipinski definition) is 5. The standard InChI is InChI=1S/C35H42O5/c1-20(2)9-12-23-18-29-24(15-16-35(7,8)40-29)17-27(23)30-19-28(36)31-33(38)25(13-10-21(3)4)32(37)26(34(31)39-30)14-11-22(5)6/h9-11,15-18,30,37-38H,12-14,19H2,1-8H3. The van der Waals surface area contributed by atoms with Crippen LogP contribution in [0, 0.1) is 0 Å². The van der Waals surface area contributed by atoms with Crippen LogP contribution in [0.5, 0.6) is 23.0 Å². The molecule has 212 valence electrons. The van der Waals surface area contributed by atoms with Gasteiger partial charge in [0.1, 0.15) is 40.3 Å². The van der Waals surface area contributed by atoms with Crippen molar-refractivity contribution in [3.05, 3.63) is 86.5 Å². The molecule has 4 rings (SSSR count). The van der Waals surface area contributed by atoms with E-state index in [9.17, 15) is 15.0 Å². The van der Waals surface area contributed by atoms with E-state index in [-0.39, 0.29) is 35.0 Å². The summed E-state index contributed by atoms with van der Waals surface area (Å²) < 4.78 is 12.9. The molecule has 2 aliphatic rings. The van der Waals surface area contributed by atoms with Gasteiger partial charge in [0.05, 0.1) is 6.42 Å². The molecule has 0 radical (unpaired) electrons. The number of ketones is 1. The van der Waals surface area contributed by atoms with Crippen LogP contribution in [0.1, 0.15) is 106 Å². The first kappa shape index (κ1) is 29.3. The zero-order chi connectivity index (χ0) is 29.4. The molecule has 0 amide bonds. The SMILES string of the molecule is CC(C)=CCc1cc2c(cc1C1CC(=O)c3c(O)c(CC=C(C)C)c(O)c(CC=C(C)C)c3O1)C=CC(C)(C)O2. The normalized spacial score (nSPS) is 16.7. The highest BCUT2D eigenvalue weighted by Crippen LogP contribution is 2.49. The van der Waals surface area contributed by atoms with Crippen molar-refractivity contribution in [1.29, 1.82) is 0 Å². The van der Waals surface area contributed by atoms with Gasteiger partial charge in [-0.05, 0) is 104 Å². The largest absolute Gasteiger partial charge is 0.507 e. The third kappa shape index (κ3) is 6.19. The molecule has 5 nitrogen and oxygen atoms in total. The lowest BCUT2D eigenvalue weighted by Crippen LogP contribution is -2.28.